The summed E-state index contributed by atoms with van der Waals surface area (Å²) in [5.74, 6) is 0. The van der Waals surface area contributed by atoms with Crippen molar-refractivity contribution in [1.82, 2.24) is 0 Å². The third-order valence-corrected chi connectivity index (χ3v) is 3.04. The van der Waals surface area contributed by atoms with Gasteiger partial charge in [0.15, 0.2) is 0 Å². The zero-order chi connectivity index (χ0) is 16.6. The van der Waals surface area contributed by atoms with Gasteiger partial charge in [0.1, 0.15) is 0 Å². The molecule has 4 heteroatoms. The van der Waals surface area contributed by atoms with Gasteiger partial charge in [-0.1, -0.05) is 78.6 Å². The molecule has 0 spiro atoms. The molecule has 0 aliphatic carbocycles. The van der Waals surface area contributed by atoms with Gasteiger partial charge in [-0.05, 0) is 19.3 Å². The van der Waals surface area contributed by atoms with Crippen molar-refractivity contribution in [3.05, 3.63) is 0 Å². The maximum absolute atomic E-state index is 8.29. The number of unbranched alkanes of at least 4 members (excludes halogenated alkanes) is 9. The van der Waals surface area contributed by atoms with Gasteiger partial charge in [0.2, 0.25) is 0 Å². The third-order valence-electron chi connectivity index (χ3n) is 3.04. The Morgan fingerprint density at radius 1 is 0.409 bits per heavy atom. The normalized spacial score (nSPS) is 9.00. The minimum absolute atomic E-state index is 0. The number of hydrogen-bond donors (Lipinski definition) is 3. The molecule has 0 saturated carbocycles. The van der Waals surface area contributed by atoms with E-state index in [2.05, 4.69) is 20.8 Å². The maximum Gasteiger partial charge on any atom is 0.0431 e. The third kappa shape index (κ3) is 49.7. The smallest absolute Gasteiger partial charge is 0.0431 e. The van der Waals surface area contributed by atoms with Crippen LogP contribution in [0, 0.1) is 0 Å². The SMILES string of the molecule is CCCCCCO.CCCCCCO.CCCCCCO.[Y]. The van der Waals surface area contributed by atoms with Gasteiger partial charge >= 0.3 is 0 Å². The van der Waals surface area contributed by atoms with Crippen LogP contribution in [-0.4, -0.2) is 35.1 Å². The summed E-state index contributed by atoms with van der Waals surface area (Å²) in [4.78, 5) is 0. The van der Waals surface area contributed by atoms with Crippen molar-refractivity contribution in [2.45, 2.75) is 97.8 Å². The Hall–Kier alpha value is 0.984. The summed E-state index contributed by atoms with van der Waals surface area (Å²) in [6.07, 6.45) is 14.0. The molecule has 3 N–H and O–H groups in total. The van der Waals surface area contributed by atoms with E-state index in [1.807, 2.05) is 0 Å². The van der Waals surface area contributed by atoms with Crippen molar-refractivity contribution >= 4 is 0 Å². The average Bonchev–Trinajstić information content (AvgIpc) is 2.50. The molecule has 0 aliphatic rings. The number of aliphatic hydroxyl groups is 3. The molecule has 0 aromatic carbocycles. The summed E-state index contributed by atoms with van der Waals surface area (Å²) in [5, 5.41) is 24.9. The molecule has 0 amide bonds. The Balaban J connectivity index is -0.000000108. The summed E-state index contributed by atoms with van der Waals surface area (Å²) < 4.78 is 0. The van der Waals surface area contributed by atoms with Crippen molar-refractivity contribution in [2.75, 3.05) is 19.8 Å². The molecule has 1 radical (unpaired) electrons. The Bertz CT molecular complexity index is 99.7. The van der Waals surface area contributed by atoms with Gasteiger partial charge in [-0.2, -0.15) is 0 Å². The van der Waals surface area contributed by atoms with E-state index in [0.29, 0.717) is 19.8 Å². The van der Waals surface area contributed by atoms with Crippen molar-refractivity contribution in [3.63, 3.8) is 0 Å². The van der Waals surface area contributed by atoms with Gasteiger partial charge < -0.3 is 15.3 Å². The van der Waals surface area contributed by atoms with Crippen LogP contribution in [-0.2, 0) is 32.7 Å². The monoisotopic (exact) mass is 395 g/mol. The molecule has 0 bridgehead atoms. The Labute approximate surface area is 165 Å². The molecule has 0 saturated heterocycles. The van der Waals surface area contributed by atoms with E-state index in [4.69, 9.17) is 15.3 Å². The first-order chi connectivity index (χ1) is 10.2. The van der Waals surface area contributed by atoms with E-state index in [1.54, 1.807) is 0 Å². The first kappa shape index (κ1) is 30.8. The van der Waals surface area contributed by atoms with Gasteiger partial charge in [0.25, 0.3) is 0 Å². The summed E-state index contributed by atoms with van der Waals surface area (Å²) in [6.45, 7) is 7.58. The Morgan fingerprint density at radius 3 is 0.773 bits per heavy atom. The van der Waals surface area contributed by atoms with Crippen LogP contribution in [0.1, 0.15) is 97.8 Å². The maximum atomic E-state index is 8.29. The van der Waals surface area contributed by atoms with Crippen molar-refractivity contribution in [1.29, 1.82) is 0 Å². The van der Waals surface area contributed by atoms with Crippen LogP contribution in [0.2, 0.25) is 0 Å². The van der Waals surface area contributed by atoms with E-state index in [9.17, 15) is 0 Å². The average molecular weight is 395 g/mol. The first-order valence-corrected chi connectivity index (χ1v) is 9.07. The molecule has 0 aromatic rings. The summed E-state index contributed by atoms with van der Waals surface area (Å²) >= 11 is 0. The minimum atomic E-state index is 0. The Morgan fingerprint density at radius 2 is 0.636 bits per heavy atom. The van der Waals surface area contributed by atoms with Gasteiger partial charge in [-0.3, -0.25) is 0 Å². The zero-order valence-electron chi connectivity index (χ0n) is 15.5. The Kier molecular flexibility index (Phi) is 53.1. The molecule has 0 aliphatic heterocycles. The van der Waals surface area contributed by atoms with Gasteiger partial charge in [-0.25, -0.2) is 0 Å². The van der Waals surface area contributed by atoms with Crippen molar-refractivity contribution in [2.24, 2.45) is 0 Å². The largest absolute Gasteiger partial charge is 0.396 e. The topological polar surface area (TPSA) is 60.7 Å². The molecule has 0 unspecified atom stereocenters. The second-order valence-corrected chi connectivity index (χ2v) is 5.35. The van der Waals surface area contributed by atoms with Crippen LogP contribution in [0.25, 0.3) is 0 Å². The molecule has 22 heavy (non-hydrogen) atoms. The van der Waals surface area contributed by atoms with Crippen molar-refractivity contribution < 1.29 is 48.0 Å². The van der Waals surface area contributed by atoms with Crippen LogP contribution in [0.4, 0.5) is 0 Å². The summed E-state index contributed by atoms with van der Waals surface area (Å²) in [5.41, 5.74) is 0. The molecule has 0 atom stereocenters. The number of aliphatic hydroxyl groups excluding tert-OH is 3. The van der Waals surface area contributed by atoms with Gasteiger partial charge in [0.05, 0.1) is 0 Å². The minimum Gasteiger partial charge on any atom is -0.396 e. The molecule has 3 nitrogen and oxygen atoms in total. The molecule has 0 fully saturated rings. The quantitative estimate of drug-likeness (QED) is 0.421. The number of rotatable bonds is 12. The predicted octanol–water partition coefficient (Wildman–Crippen LogP) is 4.67. The molecule has 0 aromatic heterocycles. The first-order valence-electron chi connectivity index (χ1n) is 9.07. The standard InChI is InChI=1S/3C6H14O.Y/c3*1-2-3-4-5-6-7;/h3*7H,2-6H2,1H3;. The van der Waals surface area contributed by atoms with Crippen molar-refractivity contribution in [3.8, 4) is 0 Å². The second kappa shape index (κ2) is 37.9. The second-order valence-electron chi connectivity index (χ2n) is 5.35. The van der Waals surface area contributed by atoms with E-state index < -0.39 is 0 Å². The summed E-state index contributed by atoms with van der Waals surface area (Å²) in [6, 6.07) is 0. The predicted molar refractivity (Wildman–Crippen MR) is 93.7 cm³/mol. The molecular weight excluding hydrogens is 353 g/mol. The fourth-order valence-corrected chi connectivity index (χ4v) is 1.62. The molecule has 0 heterocycles. The van der Waals surface area contributed by atoms with Gasteiger partial charge in [0, 0.05) is 52.5 Å². The molecule has 135 valence electrons. The van der Waals surface area contributed by atoms with Crippen LogP contribution in [0.5, 0.6) is 0 Å². The number of hydrogen-bond acceptors (Lipinski definition) is 3. The van der Waals surface area contributed by atoms with Crippen LogP contribution in [0.3, 0.4) is 0 Å². The van der Waals surface area contributed by atoms with E-state index >= 15 is 0 Å². The fraction of sp³-hybridized carbons (Fsp3) is 1.00. The van der Waals surface area contributed by atoms with E-state index in [0.717, 1.165) is 19.3 Å². The van der Waals surface area contributed by atoms with E-state index in [-0.39, 0.29) is 32.7 Å². The van der Waals surface area contributed by atoms with Crippen LogP contribution >= 0.6 is 0 Å². The molecule has 0 rings (SSSR count). The van der Waals surface area contributed by atoms with Crippen LogP contribution < -0.4 is 0 Å². The van der Waals surface area contributed by atoms with E-state index in [1.165, 1.54) is 57.8 Å². The van der Waals surface area contributed by atoms with Crippen LogP contribution in [0.15, 0.2) is 0 Å². The summed E-state index contributed by atoms with van der Waals surface area (Å²) in [7, 11) is 0. The fourth-order valence-electron chi connectivity index (χ4n) is 1.62. The molecular formula is C18H42O3Y. The zero-order valence-corrected chi connectivity index (χ0v) is 18.4. The van der Waals surface area contributed by atoms with Gasteiger partial charge in [-0.15, -0.1) is 0 Å².